The summed E-state index contributed by atoms with van der Waals surface area (Å²) in [6.07, 6.45) is 0. The Morgan fingerprint density at radius 3 is 1.64 bits per heavy atom. The molecule has 0 fully saturated rings. The number of para-hydroxylation sites is 4. The van der Waals surface area contributed by atoms with Crippen molar-refractivity contribution in [2.24, 2.45) is 0 Å². The zero-order chi connectivity index (χ0) is 38.1. The van der Waals surface area contributed by atoms with E-state index >= 15 is 0 Å². The number of rotatable bonds is 3. The van der Waals surface area contributed by atoms with Crippen molar-refractivity contribution in [1.29, 1.82) is 5.26 Å². The molecule has 5 nitrogen and oxygen atoms in total. The van der Waals surface area contributed by atoms with Crippen molar-refractivity contribution in [3.63, 3.8) is 0 Å². The van der Waals surface area contributed by atoms with Crippen LogP contribution in [0.1, 0.15) is 5.56 Å². The first-order chi connectivity index (χ1) is 28.8. The van der Waals surface area contributed by atoms with E-state index < -0.39 is 0 Å². The van der Waals surface area contributed by atoms with E-state index in [0.29, 0.717) is 5.56 Å². The molecule has 0 N–H and O–H groups in total. The Morgan fingerprint density at radius 2 is 0.931 bits per heavy atom. The average Bonchev–Trinajstić information content (AvgIpc) is 4.02. The standard InChI is InChI=1S/C53H30N4O/c54-31-32-13-12-16-34(29-32)55-44-27-25-39-36-18-6-9-22-42(36)56(33-14-2-1-3-15-33)52(39)50(44)51-45(55)28-26-40-37-19-7-10-23-43(37)57(53(40)51)46-30-48-49(38-20-5-4-17-35(38)46)41-21-8-11-24-47(41)58-48/h1-30H. The first-order valence-corrected chi connectivity index (χ1v) is 19.6. The van der Waals surface area contributed by atoms with Gasteiger partial charge in [0.15, 0.2) is 0 Å². The van der Waals surface area contributed by atoms with Gasteiger partial charge in [-0.1, -0.05) is 115 Å². The highest BCUT2D eigenvalue weighted by atomic mass is 16.3. The third-order valence-electron chi connectivity index (χ3n) is 12.2. The van der Waals surface area contributed by atoms with Gasteiger partial charge < -0.3 is 18.1 Å². The third-order valence-corrected chi connectivity index (χ3v) is 12.2. The van der Waals surface area contributed by atoms with Crippen LogP contribution in [-0.2, 0) is 0 Å². The van der Waals surface area contributed by atoms with Crippen LogP contribution < -0.4 is 0 Å². The summed E-state index contributed by atoms with van der Waals surface area (Å²) >= 11 is 0. The van der Waals surface area contributed by atoms with E-state index in [9.17, 15) is 5.26 Å². The lowest BCUT2D eigenvalue weighted by molar-refractivity contribution is 0.669. The van der Waals surface area contributed by atoms with Crippen molar-refractivity contribution in [1.82, 2.24) is 13.7 Å². The van der Waals surface area contributed by atoms with Crippen LogP contribution in [0, 0.1) is 11.3 Å². The molecular weight excluding hydrogens is 709 g/mol. The molecule has 0 spiro atoms. The summed E-state index contributed by atoms with van der Waals surface area (Å²) in [5.74, 6) is 0. The van der Waals surface area contributed by atoms with Gasteiger partial charge in [-0.15, -0.1) is 0 Å². The molecule has 0 radical (unpaired) electrons. The predicted octanol–water partition coefficient (Wildman–Crippen LogP) is 13.9. The molecule has 58 heavy (non-hydrogen) atoms. The summed E-state index contributed by atoms with van der Waals surface area (Å²) in [4.78, 5) is 0. The number of aromatic nitrogens is 3. The Kier molecular flexibility index (Phi) is 6.17. The van der Waals surface area contributed by atoms with Crippen molar-refractivity contribution in [3.05, 3.63) is 188 Å². The average molecular weight is 739 g/mol. The van der Waals surface area contributed by atoms with Crippen molar-refractivity contribution >= 4 is 98.1 Å². The molecule has 0 saturated carbocycles. The van der Waals surface area contributed by atoms with Gasteiger partial charge in [0.25, 0.3) is 0 Å². The molecule has 0 aliphatic heterocycles. The second-order valence-corrected chi connectivity index (χ2v) is 15.2. The van der Waals surface area contributed by atoms with Gasteiger partial charge in [-0.05, 0) is 66.0 Å². The second kappa shape index (κ2) is 11.5. The fraction of sp³-hybridized carbons (Fsp3) is 0. The van der Waals surface area contributed by atoms with Gasteiger partial charge in [-0.2, -0.15) is 5.26 Å². The molecule has 4 heterocycles. The van der Waals surface area contributed by atoms with E-state index in [2.05, 4.69) is 177 Å². The van der Waals surface area contributed by atoms with Crippen LogP contribution in [0.5, 0.6) is 0 Å². The minimum Gasteiger partial charge on any atom is -0.456 e. The van der Waals surface area contributed by atoms with E-state index in [1.54, 1.807) is 0 Å². The molecule has 268 valence electrons. The molecular formula is C53H30N4O. The van der Waals surface area contributed by atoms with E-state index in [4.69, 9.17) is 4.42 Å². The molecule has 5 heteroatoms. The van der Waals surface area contributed by atoms with Crippen LogP contribution in [0.15, 0.2) is 186 Å². The first-order valence-electron chi connectivity index (χ1n) is 19.6. The maximum Gasteiger partial charge on any atom is 0.138 e. The van der Waals surface area contributed by atoms with E-state index in [1.165, 1.54) is 21.5 Å². The Balaban J connectivity index is 1.32. The van der Waals surface area contributed by atoms with Gasteiger partial charge >= 0.3 is 0 Å². The Labute approximate surface area is 331 Å². The molecule has 0 saturated heterocycles. The number of hydrogen-bond acceptors (Lipinski definition) is 2. The lowest BCUT2D eigenvalue weighted by Gasteiger charge is -2.14. The number of nitrogens with zero attached hydrogens (tertiary/aromatic N) is 4. The molecule has 0 aliphatic carbocycles. The molecule has 0 aliphatic rings. The number of nitriles is 1. The monoisotopic (exact) mass is 738 g/mol. The third kappa shape index (κ3) is 4.03. The van der Waals surface area contributed by atoms with Gasteiger partial charge in [0.2, 0.25) is 0 Å². The summed E-state index contributed by atoms with van der Waals surface area (Å²) < 4.78 is 13.9. The summed E-state index contributed by atoms with van der Waals surface area (Å²) in [6, 6.07) is 67.0. The highest BCUT2D eigenvalue weighted by molar-refractivity contribution is 6.33. The minimum atomic E-state index is 0.618. The topological polar surface area (TPSA) is 51.7 Å². The van der Waals surface area contributed by atoms with Crippen LogP contribution in [-0.4, -0.2) is 13.7 Å². The molecule has 0 amide bonds. The van der Waals surface area contributed by atoms with E-state index in [-0.39, 0.29) is 0 Å². The van der Waals surface area contributed by atoms with Crippen LogP contribution >= 0.6 is 0 Å². The molecule has 0 unspecified atom stereocenters. The zero-order valence-electron chi connectivity index (χ0n) is 31.0. The number of fused-ring (bicyclic) bond motifs is 16. The van der Waals surface area contributed by atoms with Crippen LogP contribution in [0.3, 0.4) is 0 Å². The molecule has 13 rings (SSSR count). The predicted molar refractivity (Wildman–Crippen MR) is 239 cm³/mol. The lowest BCUT2D eigenvalue weighted by Crippen LogP contribution is -1.97. The normalized spacial score (nSPS) is 12.1. The van der Waals surface area contributed by atoms with Crippen LogP contribution in [0.25, 0.3) is 115 Å². The SMILES string of the molecule is N#Cc1cccc(-n2c3ccc4c5ccccc5n(-c5ccccc5)c4c3c3c2ccc2c4ccccc4n(-c4cc5oc6ccccc6c5c5ccccc45)c23)c1. The summed E-state index contributed by atoms with van der Waals surface area (Å²) in [5, 5.41) is 21.7. The van der Waals surface area contributed by atoms with Gasteiger partial charge in [-0.3, -0.25) is 0 Å². The number of hydrogen-bond donors (Lipinski definition) is 0. The summed E-state index contributed by atoms with van der Waals surface area (Å²) in [5.41, 5.74) is 12.1. The maximum absolute atomic E-state index is 10.1. The molecule has 0 bridgehead atoms. The van der Waals surface area contributed by atoms with Crippen molar-refractivity contribution in [3.8, 4) is 23.1 Å². The molecule has 0 atom stereocenters. The molecule has 9 aromatic carbocycles. The number of benzene rings is 9. The van der Waals surface area contributed by atoms with Crippen LogP contribution in [0.2, 0.25) is 0 Å². The van der Waals surface area contributed by atoms with Gasteiger partial charge in [-0.25, -0.2) is 0 Å². The van der Waals surface area contributed by atoms with Crippen LogP contribution in [0.4, 0.5) is 0 Å². The highest BCUT2D eigenvalue weighted by Crippen LogP contribution is 2.48. The molecule has 13 aromatic rings. The fourth-order valence-electron chi connectivity index (χ4n) is 9.93. The van der Waals surface area contributed by atoms with E-state index in [0.717, 1.165) is 93.6 Å². The minimum absolute atomic E-state index is 0.618. The fourth-order valence-corrected chi connectivity index (χ4v) is 9.93. The Bertz CT molecular complexity index is 3930. The molecule has 4 aromatic heterocycles. The summed E-state index contributed by atoms with van der Waals surface area (Å²) in [6.45, 7) is 0. The van der Waals surface area contributed by atoms with Crippen molar-refractivity contribution in [2.75, 3.05) is 0 Å². The summed E-state index contributed by atoms with van der Waals surface area (Å²) in [7, 11) is 0. The first kappa shape index (κ1) is 31.2. The van der Waals surface area contributed by atoms with Gasteiger partial charge in [0.05, 0.1) is 50.4 Å². The Morgan fingerprint density at radius 1 is 0.362 bits per heavy atom. The maximum atomic E-state index is 10.1. The quantitative estimate of drug-likeness (QED) is 0.181. The highest BCUT2D eigenvalue weighted by Gasteiger charge is 2.26. The Hall–Kier alpha value is -8.07. The van der Waals surface area contributed by atoms with E-state index in [1.807, 2.05) is 24.3 Å². The van der Waals surface area contributed by atoms with Crippen molar-refractivity contribution in [2.45, 2.75) is 0 Å². The number of furan rings is 1. The largest absolute Gasteiger partial charge is 0.456 e. The zero-order valence-corrected chi connectivity index (χ0v) is 31.0. The second-order valence-electron chi connectivity index (χ2n) is 15.2. The smallest absolute Gasteiger partial charge is 0.138 e. The van der Waals surface area contributed by atoms with Crippen molar-refractivity contribution < 1.29 is 4.42 Å². The van der Waals surface area contributed by atoms with Gasteiger partial charge in [0.1, 0.15) is 11.2 Å². The lowest BCUT2D eigenvalue weighted by atomic mass is 10.0. The van der Waals surface area contributed by atoms with Gasteiger partial charge in [0, 0.05) is 65.9 Å².